The van der Waals surface area contributed by atoms with Crippen molar-refractivity contribution in [1.29, 1.82) is 0 Å². The number of halogens is 1. The van der Waals surface area contributed by atoms with Crippen LogP contribution in [0, 0.1) is 11.7 Å². The molecule has 0 aromatic heterocycles. The van der Waals surface area contributed by atoms with Crippen LogP contribution in [0.5, 0.6) is 5.75 Å². The van der Waals surface area contributed by atoms with Crippen LogP contribution in [-0.2, 0) is 14.6 Å². The van der Waals surface area contributed by atoms with Gasteiger partial charge in [-0.25, -0.2) is 12.8 Å². The molecule has 4 atom stereocenters. The van der Waals surface area contributed by atoms with Crippen molar-refractivity contribution in [1.82, 2.24) is 5.32 Å². The highest BCUT2D eigenvalue weighted by Gasteiger charge is 2.45. The van der Waals surface area contributed by atoms with E-state index >= 15 is 0 Å². The lowest BCUT2D eigenvalue weighted by Gasteiger charge is -2.28. The van der Waals surface area contributed by atoms with Gasteiger partial charge in [0, 0.05) is 12.0 Å². The summed E-state index contributed by atoms with van der Waals surface area (Å²) >= 11 is 0. The van der Waals surface area contributed by atoms with Gasteiger partial charge in [0.25, 0.3) is 0 Å². The minimum absolute atomic E-state index is 0.0586. The lowest BCUT2D eigenvalue weighted by Crippen LogP contribution is -2.45. The van der Waals surface area contributed by atoms with Gasteiger partial charge in [-0.05, 0) is 57.5 Å². The maximum Gasteiger partial charge on any atom is 0.209 e. The first-order valence-electron chi connectivity index (χ1n) is 9.37. The normalized spacial score (nSPS) is 30.0. The van der Waals surface area contributed by atoms with E-state index in [1.807, 2.05) is 6.08 Å². The molecule has 2 aliphatic heterocycles. The van der Waals surface area contributed by atoms with Crippen LogP contribution < -0.4 is 10.1 Å². The zero-order chi connectivity index (χ0) is 19.2. The molecule has 2 fully saturated rings. The Morgan fingerprint density at radius 3 is 2.93 bits per heavy atom. The van der Waals surface area contributed by atoms with Crippen LogP contribution in [0.4, 0.5) is 4.39 Å². The molecule has 0 amide bonds. The smallest absolute Gasteiger partial charge is 0.209 e. The molecule has 1 aromatic carbocycles. The predicted molar refractivity (Wildman–Crippen MR) is 99.7 cm³/mol. The van der Waals surface area contributed by atoms with Gasteiger partial charge in [0.15, 0.2) is 11.6 Å². The Morgan fingerprint density at radius 1 is 1.33 bits per heavy atom. The zero-order valence-corrected chi connectivity index (χ0v) is 16.2. The molecule has 1 aliphatic carbocycles. The summed E-state index contributed by atoms with van der Waals surface area (Å²) in [4.78, 5) is -0.300. The minimum Gasteiger partial charge on any atom is -0.488 e. The highest BCUT2D eigenvalue weighted by atomic mass is 32.2. The van der Waals surface area contributed by atoms with E-state index in [1.165, 1.54) is 18.2 Å². The van der Waals surface area contributed by atoms with Crippen molar-refractivity contribution in [3.05, 3.63) is 47.1 Å². The fourth-order valence-corrected chi connectivity index (χ4v) is 5.49. The number of ether oxygens (including phenoxy) is 2. The largest absolute Gasteiger partial charge is 0.488 e. The fraction of sp³-hybridized carbons (Fsp3) is 0.500. The summed E-state index contributed by atoms with van der Waals surface area (Å²) in [5.74, 6) is -0.809. The van der Waals surface area contributed by atoms with Crippen LogP contribution in [0.25, 0.3) is 0 Å². The third-order valence-corrected chi connectivity index (χ3v) is 7.06. The summed E-state index contributed by atoms with van der Waals surface area (Å²) in [6, 6.07) is 4.41. The zero-order valence-electron chi connectivity index (χ0n) is 15.4. The van der Waals surface area contributed by atoms with Gasteiger partial charge in [-0.3, -0.25) is 0 Å². The second-order valence-corrected chi connectivity index (χ2v) is 9.42. The first-order valence-corrected chi connectivity index (χ1v) is 10.9. The highest BCUT2D eigenvalue weighted by molar-refractivity contribution is 7.95. The average molecular weight is 393 g/mol. The van der Waals surface area contributed by atoms with Gasteiger partial charge in [0.05, 0.1) is 23.2 Å². The van der Waals surface area contributed by atoms with E-state index in [1.54, 1.807) is 26.0 Å². The monoisotopic (exact) mass is 393 g/mol. The minimum atomic E-state index is -4.00. The Kier molecular flexibility index (Phi) is 4.86. The van der Waals surface area contributed by atoms with E-state index in [0.29, 0.717) is 0 Å². The number of allylic oxidation sites excluding steroid dienone is 1. The van der Waals surface area contributed by atoms with E-state index in [4.69, 9.17) is 9.47 Å². The molecule has 27 heavy (non-hydrogen) atoms. The molecule has 0 radical (unpaired) electrons. The van der Waals surface area contributed by atoms with Crippen molar-refractivity contribution >= 4 is 9.84 Å². The lowest BCUT2D eigenvalue weighted by atomic mass is 9.87. The summed E-state index contributed by atoms with van der Waals surface area (Å²) in [7, 11) is -4.00. The van der Waals surface area contributed by atoms with E-state index in [2.05, 4.69) is 5.32 Å². The van der Waals surface area contributed by atoms with Crippen LogP contribution in [0.3, 0.4) is 0 Å². The highest BCUT2D eigenvalue weighted by Crippen LogP contribution is 2.39. The number of sulfone groups is 1. The molecule has 5 nitrogen and oxygen atoms in total. The number of piperidine rings is 1. The molecule has 1 aromatic rings. The predicted octanol–water partition coefficient (Wildman–Crippen LogP) is 2.98. The van der Waals surface area contributed by atoms with Crippen molar-refractivity contribution in [3.8, 4) is 5.75 Å². The second-order valence-electron chi connectivity index (χ2n) is 7.51. The maximum atomic E-state index is 14.8. The van der Waals surface area contributed by atoms with Crippen LogP contribution in [0.1, 0.15) is 26.7 Å². The topological polar surface area (TPSA) is 64.6 Å². The Labute approximate surface area is 159 Å². The van der Waals surface area contributed by atoms with Crippen molar-refractivity contribution < 1.29 is 22.3 Å². The van der Waals surface area contributed by atoms with Crippen molar-refractivity contribution in [2.75, 3.05) is 6.54 Å². The Bertz CT molecular complexity index is 893. The van der Waals surface area contributed by atoms with E-state index in [-0.39, 0.29) is 45.8 Å². The van der Waals surface area contributed by atoms with Gasteiger partial charge >= 0.3 is 0 Å². The summed E-state index contributed by atoms with van der Waals surface area (Å²) in [6.07, 6.45) is 6.63. The van der Waals surface area contributed by atoms with Crippen molar-refractivity contribution in [2.45, 2.75) is 55.9 Å². The van der Waals surface area contributed by atoms with Crippen LogP contribution in [-0.4, -0.2) is 39.3 Å². The molecule has 2 heterocycles. The molecule has 1 N–H and O–H groups in total. The number of benzene rings is 1. The standard InChI is InChI=1S/C20H24FNO4S/c1-12(2)25-15-5-3-7-18(19(15)21)27(23,24)13-8-9-14-17(11-13)26-16-6-4-10-22-20(14)16/h3,5,7-9,11-12,14,16-17,20,22H,4,6,10H2,1-2H3. The summed E-state index contributed by atoms with van der Waals surface area (Å²) in [5, 5.41) is 3.47. The number of rotatable bonds is 4. The molecule has 4 rings (SSSR count). The molecule has 146 valence electrons. The number of hydrogen-bond donors (Lipinski definition) is 1. The molecule has 0 spiro atoms. The SMILES string of the molecule is CC(C)Oc1cccc(S(=O)(=O)C2=CC3OC4CCCNC4C3C=C2)c1F. The molecule has 4 unspecified atom stereocenters. The third-order valence-electron chi connectivity index (χ3n) is 5.27. The second kappa shape index (κ2) is 7.04. The van der Waals surface area contributed by atoms with E-state index in [0.717, 1.165) is 19.4 Å². The molecule has 7 heteroatoms. The molecular formula is C20H24FNO4S. The summed E-state index contributed by atoms with van der Waals surface area (Å²) in [6.45, 7) is 4.47. The van der Waals surface area contributed by atoms with Crippen LogP contribution in [0.15, 0.2) is 46.2 Å². The van der Waals surface area contributed by atoms with Gasteiger partial charge in [-0.15, -0.1) is 0 Å². The molecule has 0 bridgehead atoms. The first-order chi connectivity index (χ1) is 12.9. The average Bonchev–Trinajstić information content (AvgIpc) is 3.00. The maximum absolute atomic E-state index is 14.8. The number of hydrogen-bond acceptors (Lipinski definition) is 5. The quantitative estimate of drug-likeness (QED) is 0.852. The summed E-state index contributed by atoms with van der Waals surface area (Å²) in [5.41, 5.74) is 0. The Hall–Kier alpha value is -1.70. The number of nitrogens with one attached hydrogen (secondary N) is 1. The van der Waals surface area contributed by atoms with Gasteiger partial charge in [-0.1, -0.05) is 12.1 Å². The van der Waals surface area contributed by atoms with Gasteiger partial charge in [0.1, 0.15) is 4.90 Å². The third kappa shape index (κ3) is 3.32. The molecule has 2 saturated heterocycles. The molecular weight excluding hydrogens is 369 g/mol. The molecule has 0 saturated carbocycles. The van der Waals surface area contributed by atoms with E-state index < -0.39 is 15.7 Å². The molecule has 3 aliphatic rings. The fourth-order valence-electron chi connectivity index (χ4n) is 4.07. The van der Waals surface area contributed by atoms with Gasteiger partial charge < -0.3 is 14.8 Å². The Morgan fingerprint density at radius 2 is 2.15 bits per heavy atom. The van der Waals surface area contributed by atoms with Gasteiger partial charge in [-0.2, -0.15) is 0 Å². The van der Waals surface area contributed by atoms with Crippen molar-refractivity contribution in [2.24, 2.45) is 5.92 Å². The van der Waals surface area contributed by atoms with Crippen molar-refractivity contribution in [3.63, 3.8) is 0 Å². The lowest BCUT2D eigenvalue weighted by molar-refractivity contribution is 0.0457. The number of fused-ring (bicyclic) bond motifs is 3. The summed E-state index contributed by atoms with van der Waals surface area (Å²) < 4.78 is 52.4. The van der Waals surface area contributed by atoms with E-state index in [9.17, 15) is 12.8 Å². The van der Waals surface area contributed by atoms with Gasteiger partial charge in [0.2, 0.25) is 9.84 Å². The first kappa shape index (κ1) is 18.7. The van der Waals surface area contributed by atoms with Crippen LogP contribution >= 0.6 is 0 Å². The van der Waals surface area contributed by atoms with Crippen LogP contribution in [0.2, 0.25) is 0 Å². The Balaban J connectivity index is 1.65.